The molecule has 0 saturated carbocycles. The maximum atomic E-state index is 14.3. The van der Waals surface area contributed by atoms with E-state index in [1.54, 1.807) is 13.8 Å². The van der Waals surface area contributed by atoms with Crippen molar-refractivity contribution in [3.63, 3.8) is 0 Å². The molecule has 10 heteroatoms. The molecular formula is C18H15ClFN3O4S. The van der Waals surface area contributed by atoms with Crippen molar-refractivity contribution in [2.45, 2.75) is 20.8 Å². The number of hydrogen-bond donors (Lipinski definition) is 1. The van der Waals surface area contributed by atoms with Crippen LogP contribution in [0, 0.1) is 19.7 Å². The zero-order valence-electron chi connectivity index (χ0n) is 15.1. The Morgan fingerprint density at radius 3 is 2.79 bits per heavy atom. The Balaban J connectivity index is 1.94. The average molecular weight is 424 g/mol. The molecule has 28 heavy (non-hydrogen) atoms. The van der Waals surface area contributed by atoms with Gasteiger partial charge in [-0.15, -0.1) is 0 Å². The van der Waals surface area contributed by atoms with Crippen LogP contribution in [0.1, 0.15) is 38.4 Å². The number of thiazole rings is 1. The summed E-state index contributed by atoms with van der Waals surface area (Å²) in [4.78, 5) is 29.2. The molecule has 1 amide bonds. The molecule has 2 heterocycles. The lowest BCUT2D eigenvalue weighted by molar-refractivity contribution is 0.0531. The first-order valence-corrected chi connectivity index (χ1v) is 9.39. The monoisotopic (exact) mass is 423 g/mol. The minimum atomic E-state index is -0.635. The first-order valence-electron chi connectivity index (χ1n) is 8.20. The lowest BCUT2D eigenvalue weighted by Gasteiger charge is -2.05. The molecule has 0 spiro atoms. The van der Waals surface area contributed by atoms with Crippen molar-refractivity contribution in [3.05, 3.63) is 50.9 Å². The molecule has 0 bridgehead atoms. The summed E-state index contributed by atoms with van der Waals surface area (Å²) in [6, 6.07) is 4.15. The van der Waals surface area contributed by atoms with Crippen LogP contribution < -0.4 is 5.32 Å². The summed E-state index contributed by atoms with van der Waals surface area (Å²) in [6.45, 7) is 5.08. The van der Waals surface area contributed by atoms with Crippen molar-refractivity contribution in [3.8, 4) is 11.3 Å². The molecule has 0 aliphatic heterocycles. The Labute approximate surface area is 168 Å². The number of carbonyl (C=O) groups excluding carboxylic acids is 2. The second-order valence-corrected chi connectivity index (χ2v) is 7.07. The third-order valence-electron chi connectivity index (χ3n) is 3.77. The normalized spacial score (nSPS) is 10.8. The number of carbonyl (C=O) groups is 2. The van der Waals surface area contributed by atoms with Crippen molar-refractivity contribution in [1.82, 2.24) is 10.1 Å². The molecule has 0 aliphatic rings. The van der Waals surface area contributed by atoms with Crippen LogP contribution in [0.15, 0.2) is 22.7 Å². The zero-order valence-corrected chi connectivity index (χ0v) is 16.7. The number of nitrogens with zero attached hydrogens (tertiary/aromatic N) is 2. The number of esters is 1. The fourth-order valence-electron chi connectivity index (χ4n) is 2.53. The summed E-state index contributed by atoms with van der Waals surface area (Å²) in [5.74, 6) is -1.58. The van der Waals surface area contributed by atoms with Crippen LogP contribution in [0.2, 0.25) is 5.02 Å². The van der Waals surface area contributed by atoms with Crippen molar-refractivity contribution < 1.29 is 23.2 Å². The number of benzene rings is 1. The molecule has 2 aromatic heterocycles. The maximum Gasteiger partial charge on any atom is 0.350 e. The van der Waals surface area contributed by atoms with E-state index in [2.05, 4.69) is 15.5 Å². The lowest BCUT2D eigenvalue weighted by atomic mass is 10.1. The Morgan fingerprint density at radius 1 is 1.36 bits per heavy atom. The third kappa shape index (κ3) is 3.76. The number of rotatable bonds is 5. The summed E-state index contributed by atoms with van der Waals surface area (Å²) in [6.07, 6.45) is 0. The number of aromatic nitrogens is 2. The number of nitrogens with one attached hydrogen (secondary N) is 1. The van der Waals surface area contributed by atoms with Crippen LogP contribution >= 0.6 is 22.9 Å². The van der Waals surface area contributed by atoms with E-state index < -0.39 is 17.7 Å². The highest BCUT2D eigenvalue weighted by molar-refractivity contribution is 7.17. The van der Waals surface area contributed by atoms with Gasteiger partial charge in [0.2, 0.25) is 0 Å². The number of aryl methyl sites for hydroxylation is 2. The van der Waals surface area contributed by atoms with Gasteiger partial charge >= 0.3 is 5.97 Å². The summed E-state index contributed by atoms with van der Waals surface area (Å²) in [5, 5.41) is 6.67. The second-order valence-electron chi connectivity index (χ2n) is 5.67. The Kier molecular flexibility index (Phi) is 5.76. The van der Waals surface area contributed by atoms with Crippen LogP contribution in [0.25, 0.3) is 11.3 Å². The van der Waals surface area contributed by atoms with Gasteiger partial charge < -0.3 is 9.26 Å². The molecule has 0 saturated heterocycles. The average Bonchev–Trinajstić information content (AvgIpc) is 3.18. The predicted octanol–water partition coefficient (Wildman–Crippen LogP) is 4.64. The van der Waals surface area contributed by atoms with Crippen molar-refractivity contribution >= 4 is 39.9 Å². The van der Waals surface area contributed by atoms with Crippen LogP contribution in [-0.4, -0.2) is 28.6 Å². The molecule has 0 fully saturated rings. The largest absolute Gasteiger partial charge is 0.462 e. The van der Waals surface area contributed by atoms with Gasteiger partial charge in [0.1, 0.15) is 27.7 Å². The van der Waals surface area contributed by atoms with Gasteiger partial charge in [-0.1, -0.05) is 34.2 Å². The summed E-state index contributed by atoms with van der Waals surface area (Å²) < 4.78 is 24.3. The quantitative estimate of drug-likeness (QED) is 0.601. The molecule has 0 aliphatic carbocycles. The van der Waals surface area contributed by atoms with E-state index in [0.717, 1.165) is 11.3 Å². The predicted molar refractivity (Wildman–Crippen MR) is 102 cm³/mol. The standard InChI is InChI=1S/C18H15ClFN3O4S/c1-4-26-17(25)15-8(2)21-18(28-15)22-16(24)12-9(3)27-23-14(12)13-10(19)6-5-7-11(13)20/h5-7H,4H2,1-3H3,(H,21,22,24). The smallest absolute Gasteiger partial charge is 0.350 e. The first kappa shape index (κ1) is 20.0. The van der Waals surface area contributed by atoms with Gasteiger partial charge in [-0.2, -0.15) is 0 Å². The van der Waals surface area contributed by atoms with Gasteiger partial charge in [0.05, 0.1) is 22.9 Å². The second kappa shape index (κ2) is 8.07. The maximum absolute atomic E-state index is 14.3. The number of ether oxygens (including phenoxy) is 1. The topological polar surface area (TPSA) is 94.3 Å². The van der Waals surface area contributed by atoms with Crippen molar-refractivity contribution in [2.75, 3.05) is 11.9 Å². The van der Waals surface area contributed by atoms with Gasteiger partial charge in [0, 0.05) is 0 Å². The van der Waals surface area contributed by atoms with E-state index in [0.29, 0.717) is 5.69 Å². The number of hydrogen-bond acceptors (Lipinski definition) is 7. The Bertz CT molecular complexity index is 1040. The summed E-state index contributed by atoms with van der Waals surface area (Å²) in [5.41, 5.74) is 0.404. The van der Waals surface area contributed by atoms with E-state index in [1.807, 2.05) is 0 Å². The fraction of sp³-hybridized carbons (Fsp3) is 0.222. The van der Waals surface area contributed by atoms with E-state index in [4.69, 9.17) is 20.9 Å². The number of anilines is 1. The van der Waals surface area contributed by atoms with Crippen LogP contribution in [0.5, 0.6) is 0 Å². The Morgan fingerprint density at radius 2 is 2.11 bits per heavy atom. The number of amides is 1. The summed E-state index contributed by atoms with van der Waals surface area (Å²) >= 11 is 7.06. The highest BCUT2D eigenvalue weighted by Crippen LogP contribution is 2.34. The van der Waals surface area contributed by atoms with Gasteiger partial charge in [0.15, 0.2) is 5.13 Å². The molecule has 7 nitrogen and oxygen atoms in total. The van der Waals surface area contributed by atoms with Crippen LogP contribution in [0.3, 0.4) is 0 Å². The highest BCUT2D eigenvalue weighted by atomic mass is 35.5. The highest BCUT2D eigenvalue weighted by Gasteiger charge is 2.26. The molecule has 0 unspecified atom stereocenters. The van der Waals surface area contributed by atoms with E-state index >= 15 is 0 Å². The number of halogens is 2. The molecular weight excluding hydrogens is 409 g/mol. The van der Waals surface area contributed by atoms with E-state index in [9.17, 15) is 14.0 Å². The van der Waals surface area contributed by atoms with Gasteiger partial charge in [-0.05, 0) is 32.9 Å². The molecule has 0 atom stereocenters. The minimum absolute atomic E-state index is 0.0167. The lowest BCUT2D eigenvalue weighted by Crippen LogP contribution is -2.13. The van der Waals surface area contributed by atoms with Crippen molar-refractivity contribution in [2.24, 2.45) is 0 Å². The van der Waals surface area contributed by atoms with E-state index in [1.165, 1.54) is 25.1 Å². The van der Waals surface area contributed by atoms with E-state index in [-0.39, 0.29) is 44.2 Å². The first-order chi connectivity index (χ1) is 13.3. The van der Waals surface area contributed by atoms with Crippen molar-refractivity contribution in [1.29, 1.82) is 0 Å². The zero-order chi connectivity index (χ0) is 20.4. The van der Waals surface area contributed by atoms with Crippen LogP contribution in [0.4, 0.5) is 9.52 Å². The molecule has 1 aromatic carbocycles. The summed E-state index contributed by atoms with van der Waals surface area (Å²) in [7, 11) is 0. The molecule has 3 rings (SSSR count). The third-order valence-corrected chi connectivity index (χ3v) is 5.14. The molecule has 146 valence electrons. The fourth-order valence-corrected chi connectivity index (χ4v) is 3.64. The molecule has 0 radical (unpaired) electrons. The minimum Gasteiger partial charge on any atom is -0.462 e. The molecule has 3 aromatic rings. The van der Waals surface area contributed by atoms with Gasteiger partial charge in [0.25, 0.3) is 5.91 Å². The molecule has 1 N–H and O–H groups in total. The van der Waals surface area contributed by atoms with Gasteiger partial charge in [-0.25, -0.2) is 14.2 Å². The SMILES string of the molecule is CCOC(=O)c1sc(NC(=O)c2c(-c3c(F)cccc3Cl)noc2C)nc1C. The Hall–Kier alpha value is -2.78. The van der Waals surface area contributed by atoms with Gasteiger partial charge in [-0.3, -0.25) is 10.1 Å². The van der Waals surface area contributed by atoms with Crippen LogP contribution in [-0.2, 0) is 4.74 Å².